The van der Waals surface area contributed by atoms with E-state index in [0.717, 1.165) is 4.90 Å². The fraction of sp³-hybridized carbons (Fsp3) is 0.444. The van der Waals surface area contributed by atoms with Gasteiger partial charge in [0.2, 0.25) is 5.91 Å². The number of hydrogen-bond donors (Lipinski definition) is 0. The number of nitrogens with zero attached hydrogens (tertiary/aromatic N) is 4. The molecule has 4 rings (SSSR count). The molecule has 29 heavy (non-hydrogen) atoms. The summed E-state index contributed by atoms with van der Waals surface area (Å²) < 4.78 is 36.5. The molecule has 0 spiro atoms. The largest absolute Gasteiger partial charge is 0.497 e. The zero-order valence-corrected chi connectivity index (χ0v) is 16.7. The first-order chi connectivity index (χ1) is 13.8. The van der Waals surface area contributed by atoms with E-state index in [-0.39, 0.29) is 25.5 Å². The predicted octanol–water partition coefficient (Wildman–Crippen LogP) is 0.144. The van der Waals surface area contributed by atoms with E-state index in [1.165, 1.54) is 24.0 Å². The molecule has 1 aromatic carbocycles. The summed E-state index contributed by atoms with van der Waals surface area (Å²) in [6.45, 7) is 1.29. The van der Waals surface area contributed by atoms with Gasteiger partial charge in [0.05, 0.1) is 26.3 Å². The Labute approximate surface area is 167 Å². The topological polar surface area (TPSA) is 121 Å². The van der Waals surface area contributed by atoms with Crippen molar-refractivity contribution in [2.24, 2.45) is 0 Å². The Kier molecular flexibility index (Phi) is 4.56. The van der Waals surface area contributed by atoms with Crippen molar-refractivity contribution in [1.29, 1.82) is 0 Å². The maximum Gasteiger partial charge on any atom is 0.330 e. The van der Waals surface area contributed by atoms with Gasteiger partial charge in [0.25, 0.3) is 0 Å². The predicted molar refractivity (Wildman–Crippen MR) is 99.2 cm³/mol. The Morgan fingerprint density at radius 1 is 1.31 bits per heavy atom. The number of carbonyl (C=O) groups is 2. The van der Waals surface area contributed by atoms with Crippen molar-refractivity contribution in [3.63, 3.8) is 0 Å². The Balaban J connectivity index is 1.59. The summed E-state index contributed by atoms with van der Waals surface area (Å²) in [5.74, 6) is -0.480. The number of amides is 1. The highest BCUT2D eigenvalue weighted by atomic mass is 32.2. The summed E-state index contributed by atoms with van der Waals surface area (Å²) in [4.78, 5) is 26.2. The van der Waals surface area contributed by atoms with Crippen LogP contribution in [-0.4, -0.2) is 63.5 Å². The number of β-lactam (4-membered cyclic amide) rings is 1. The lowest BCUT2D eigenvalue weighted by Crippen LogP contribution is -2.58. The molecule has 2 fully saturated rings. The number of esters is 1. The second-order valence-electron chi connectivity index (χ2n) is 7.28. The van der Waals surface area contributed by atoms with Crippen molar-refractivity contribution >= 4 is 21.7 Å². The first kappa shape index (κ1) is 19.4. The number of rotatable bonds is 6. The smallest absolute Gasteiger partial charge is 0.330 e. The Hall–Kier alpha value is -2.95. The minimum Gasteiger partial charge on any atom is -0.497 e. The summed E-state index contributed by atoms with van der Waals surface area (Å²) in [6, 6.07) is 5.69. The second kappa shape index (κ2) is 6.83. The van der Waals surface area contributed by atoms with Gasteiger partial charge in [-0.3, -0.25) is 9.48 Å². The van der Waals surface area contributed by atoms with Gasteiger partial charge in [-0.2, -0.15) is 0 Å². The third-order valence-electron chi connectivity index (χ3n) is 5.52. The molecule has 3 heterocycles. The monoisotopic (exact) mass is 420 g/mol. The van der Waals surface area contributed by atoms with E-state index < -0.39 is 32.0 Å². The lowest BCUT2D eigenvalue weighted by Gasteiger charge is -2.36. The van der Waals surface area contributed by atoms with E-state index in [4.69, 9.17) is 9.47 Å². The minimum atomic E-state index is -3.82. The van der Waals surface area contributed by atoms with Gasteiger partial charge in [0.1, 0.15) is 22.5 Å². The summed E-state index contributed by atoms with van der Waals surface area (Å²) in [5.41, 5.74) is 0.712. The molecule has 2 aliphatic rings. The van der Waals surface area contributed by atoms with E-state index in [1.54, 1.807) is 31.4 Å². The minimum absolute atomic E-state index is 0.0501. The van der Waals surface area contributed by atoms with Gasteiger partial charge in [-0.05, 0) is 24.6 Å². The number of ether oxygens (including phenoxy) is 2. The number of sulfone groups is 1. The Morgan fingerprint density at radius 2 is 2.03 bits per heavy atom. The molecule has 2 saturated heterocycles. The Bertz CT molecular complexity index is 1040. The lowest BCUT2D eigenvalue weighted by atomic mass is 9.96. The SMILES string of the molecule is COc1ccc(COC(=O)[C@@H]2N3C(=O)C[C@H]3S(=O)(=O)[C@]2(C)Cn2ccnn2)cc1. The molecular formula is C18H20N4O6S. The van der Waals surface area contributed by atoms with Crippen LogP contribution in [0.2, 0.25) is 0 Å². The van der Waals surface area contributed by atoms with E-state index in [2.05, 4.69) is 10.3 Å². The highest BCUT2D eigenvalue weighted by Crippen LogP contribution is 2.47. The molecule has 0 saturated carbocycles. The molecule has 0 N–H and O–H groups in total. The Morgan fingerprint density at radius 3 is 2.62 bits per heavy atom. The number of methoxy groups -OCH3 is 1. The maximum absolute atomic E-state index is 13.1. The maximum atomic E-state index is 13.1. The van der Waals surface area contributed by atoms with Crippen molar-refractivity contribution in [1.82, 2.24) is 19.9 Å². The van der Waals surface area contributed by atoms with Crippen LogP contribution in [0.15, 0.2) is 36.7 Å². The van der Waals surface area contributed by atoms with Crippen LogP contribution in [0.1, 0.15) is 18.9 Å². The number of aromatic nitrogens is 3. The number of fused-ring (bicyclic) bond motifs is 1. The van der Waals surface area contributed by atoms with Crippen LogP contribution in [0.3, 0.4) is 0 Å². The molecule has 0 aliphatic carbocycles. The molecule has 1 aromatic heterocycles. The quantitative estimate of drug-likeness (QED) is 0.478. The van der Waals surface area contributed by atoms with Crippen LogP contribution in [-0.2, 0) is 37.3 Å². The molecule has 10 nitrogen and oxygen atoms in total. The van der Waals surface area contributed by atoms with Crippen LogP contribution >= 0.6 is 0 Å². The van der Waals surface area contributed by atoms with Crippen molar-refractivity contribution in [3.8, 4) is 5.75 Å². The van der Waals surface area contributed by atoms with Crippen LogP contribution in [0.5, 0.6) is 5.75 Å². The molecule has 2 aromatic rings. The van der Waals surface area contributed by atoms with E-state index in [1.807, 2.05) is 0 Å². The van der Waals surface area contributed by atoms with E-state index in [9.17, 15) is 18.0 Å². The molecular weight excluding hydrogens is 400 g/mol. The number of carbonyl (C=O) groups excluding carboxylic acids is 2. The highest BCUT2D eigenvalue weighted by Gasteiger charge is 2.70. The fourth-order valence-electron chi connectivity index (χ4n) is 3.86. The first-order valence-corrected chi connectivity index (χ1v) is 10.5. The standard InChI is InChI=1S/C18H20N4O6S/c1-18(11-21-8-7-19-20-21)16(22-14(23)9-15(22)29(18,25)26)17(24)28-10-12-3-5-13(27-2)6-4-12/h3-8,15-16H,9-11H2,1-2H3/t15-,16+,18-/m1/s1. The van der Waals surface area contributed by atoms with E-state index >= 15 is 0 Å². The van der Waals surface area contributed by atoms with Gasteiger partial charge < -0.3 is 14.4 Å². The van der Waals surface area contributed by atoms with Gasteiger partial charge in [-0.15, -0.1) is 5.10 Å². The van der Waals surface area contributed by atoms with Gasteiger partial charge in [-0.1, -0.05) is 17.3 Å². The normalized spacial score (nSPS) is 27.2. The van der Waals surface area contributed by atoms with Crippen LogP contribution in [0.4, 0.5) is 0 Å². The van der Waals surface area contributed by atoms with Crippen molar-refractivity contribution in [2.75, 3.05) is 7.11 Å². The molecule has 0 unspecified atom stereocenters. The molecule has 1 amide bonds. The average molecular weight is 420 g/mol. The molecule has 0 radical (unpaired) electrons. The zero-order chi connectivity index (χ0) is 20.8. The summed E-state index contributed by atoms with van der Waals surface area (Å²) in [7, 11) is -2.28. The van der Waals surface area contributed by atoms with Crippen LogP contribution < -0.4 is 4.74 Å². The lowest BCUT2D eigenvalue weighted by molar-refractivity contribution is -0.162. The third kappa shape index (κ3) is 2.96. The van der Waals surface area contributed by atoms with E-state index in [0.29, 0.717) is 11.3 Å². The van der Waals surface area contributed by atoms with Gasteiger partial charge in [-0.25, -0.2) is 13.2 Å². The van der Waals surface area contributed by atoms with Gasteiger partial charge in [0.15, 0.2) is 15.9 Å². The van der Waals surface area contributed by atoms with Gasteiger partial charge >= 0.3 is 5.97 Å². The molecule has 3 atom stereocenters. The molecule has 0 bridgehead atoms. The summed E-state index contributed by atoms with van der Waals surface area (Å²) >= 11 is 0. The second-order valence-corrected chi connectivity index (χ2v) is 9.84. The summed E-state index contributed by atoms with van der Waals surface area (Å²) in [6.07, 6.45) is 2.80. The fourth-order valence-corrected chi connectivity index (χ4v) is 6.22. The van der Waals surface area contributed by atoms with Crippen molar-refractivity contribution in [2.45, 2.75) is 42.7 Å². The van der Waals surface area contributed by atoms with Crippen molar-refractivity contribution < 1.29 is 27.5 Å². The first-order valence-electron chi connectivity index (χ1n) is 8.96. The number of hydrogen-bond acceptors (Lipinski definition) is 8. The van der Waals surface area contributed by atoms with Gasteiger partial charge in [0, 0.05) is 6.20 Å². The van der Waals surface area contributed by atoms with Crippen LogP contribution in [0, 0.1) is 0 Å². The third-order valence-corrected chi connectivity index (χ3v) is 8.29. The molecule has 154 valence electrons. The van der Waals surface area contributed by atoms with Crippen LogP contribution in [0.25, 0.3) is 0 Å². The zero-order valence-electron chi connectivity index (χ0n) is 15.9. The van der Waals surface area contributed by atoms with Crippen molar-refractivity contribution in [3.05, 3.63) is 42.2 Å². The highest BCUT2D eigenvalue weighted by molar-refractivity contribution is 7.93. The number of benzene rings is 1. The summed E-state index contributed by atoms with van der Waals surface area (Å²) in [5, 5.41) is 6.49. The molecule has 11 heteroatoms. The molecule has 2 aliphatic heterocycles. The average Bonchev–Trinajstić information content (AvgIpc) is 3.24.